The molecule has 0 fully saturated rings. The van der Waals surface area contributed by atoms with Crippen molar-refractivity contribution in [1.82, 2.24) is 9.55 Å². The monoisotopic (exact) mass is 374 g/mol. The quantitative estimate of drug-likeness (QED) is 0.361. The molecule has 0 radical (unpaired) electrons. The van der Waals surface area contributed by atoms with Crippen molar-refractivity contribution in [2.24, 2.45) is 0 Å². The van der Waals surface area contributed by atoms with Gasteiger partial charge in [-0.25, -0.2) is 4.98 Å². The van der Waals surface area contributed by atoms with Gasteiger partial charge < -0.3 is 4.57 Å². The van der Waals surface area contributed by atoms with Gasteiger partial charge in [0, 0.05) is 23.2 Å². The molecule has 3 nitrogen and oxygen atoms in total. The van der Waals surface area contributed by atoms with Gasteiger partial charge >= 0.3 is 0 Å². The average Bonchev–Trinajstić information content (AvgIpc) is 2.49. The van der Waals surface area contributed by atoms with Crippen molar-refractivity contribution in [2.75, 3.05) is 5.88 Å². The summed E-state index contributed by atoms with van der Waals surface area (Å²) in [6.07, 6.45) is 0.647. The lowest BCUT2D eigenvalue weighted by atomic mass is 10.1. The third kappa shape index (κ3) is 2.67. The van der Waals surface area contributed by atoms with Crippen LogP contribution in [0, 0.1) is 0 Å². The Morgan fingerprint density at radius 3 is 2.45 bits per heavy atom. The topological polar surface area (TPSA) is 34.9 Å². The number of aromatic nitrogens is 2. The Hall–Kier alpha value is -1.00. The molecule has 0 aliphatic rings. The molecule has 22 heavy (non-hydrogen) atoms. The second-order valence-corrected chi connectivity index (χ2v) is 6.38. The number of pyridine rings is 2. The summed E-state index contributed by atoms with van der Waals surface area (Å²) in [5.41, 5.74) is 1.05. The molecule has 0 bridgehead atoms. The molecular weight excluding hydrogens is 366 g/mol. The van der Waals surface area contributed by atoms with Gasteiger partial charge in [-0.3, -0.25) is 4.79 Å². The highest BCUT2D eigenvalue weighted by Gasteiger charge is 2.13. The predicted molar refractivity (Wildman–Crippen MR) is 93.9 cm³/mol. The molecule has 0 saturated carbocycles. The molecule has 3 rings (SSSR count). The van der Waals surface area contributed by atoms with Crippen molar-refractivity contribution in [3.8, 4) is 0 Å². The molecule has 2 heterocycles. The second-order valence-electron chi connectivity index (χ2n) is 4.83. The first-order chi connectivity index (χ1) is 10.5. The Labute approximate surface area is 146 Å². The van der Waals surface area contributed by atoms with E-state index in [0.717, 1.165) is 10.8 Å². The summed E-state index contributed by atoms with van der Waals surface area (Å²) < 4.78 is 1.60. The molecule has 0 aliphatic carbocycles. The van der Waals surface area contributed by atoms with Gasteiger partial charge in [0.15, 0.2) is 0 Å². The zero-order valence-corrected chi connectivity index (χ0v) is 14.3. The molecule has 0 saturated heterocycles. The first-order valence-electron chi connectivity index (χ1n) is 6.56. The zero-order chi connectivity index (χ0) is 15.9. The fraction of sp³-hybridized carbons (Fsp3) is 0.200. The SMILES string of the molecule is O=c1c(Cl)cc2ccc3cc(Cl)c(Cl)nc3c2n1CCCCl. The van der Waals surface area contributed by atoms with Crippen LogP contribution in [0.25, 0.3) is 21.8 Å². The summed E-state index contributed by atoms with van der Waals surface area (Å²) in [6.45, 7) is 0.459. The fourth-order valence-corrected chi connectivity index (χ4v) is 3.09. The van der Waals surface area contributed by atoms with Gasteiger partial charge in [-0.15, -0.1) is 11.6 Å². The van der Waals surface area contributed by atoms with Gasteiger partial charge in [-0.2, -0.15) is 0 Å². The third-order valence-corrected chi connectivity index (χ3v) is 4.63. The molecule has 0 unspecified atom stereocenters. The Kier molecular flexibility index (Phi) is 4.51. The number of rotatable bonds is 3. The van der Waals surface area contributed by atoms with Gasteiger partial charge in [0.2, 0.25) is 0 Å². The van der Waals surface area contributed by atoms with E-state index >= 15 is 0 Å². The average molecular weight is 376 g/mol. The van der Waals surface area contributed by atoms with Crippen molar-refractivity contribution < 1.29 is 0 Å². The van der Waals surface area contributed by atoms with Crippen molar-refractivity contribution in [1.29, 1.82) is 0 Å². The lowest BCUT2D eigenvalue weighted by molar-refractivity contribution is 0.683. The van der Waals surface area contributed by atoms with Crippen LogP contribution in [0.4, 0.5) is 0 Å². The number of aryl methyl sites for hydroxylation is 1. The lowest BCUT2D eigenvalue weighted by Gasteiger charge is -2.13. The van der Waals surface area contributed by atoms with Crippen molar-refractivity contribution in [3.63, 3.8) is 0 Å². The highest BCUT2D eigenvalue weighted by Crippen LogP contribution is 2.30. The third-order valence-electron chi connectivity index (χ3n) is 3.42. The van der Waals surface area contributed by atoms with E-state index in [9.17, 15) is 4.79 Å². The number of nitrogens with zero attached hydrogens (tertiary/aromatic N) is 2. The Bertz CT molecular complexity index is 936. The molecule has 0 aliphatic heterocycles. The summed E-state index contributed by atoms with van der Waals surface area (Å²) in [6, 6.07) is 7.13. The molecule has 7 heteroatoms. The van der Waals surface area contributed by atoms with Crippen LogP contribution in [0.1, 0.15) is 6.42 Å². The van der Waals surface area contributed by atoms with Gasteiger partial charge in [-0.05, 0) is 18.6 Å². The first kappa shape index (κ1) is 15.9. The van der Waals surface area contributed by atoms with E-state index in [1.165, 1.54) is 0 Å². The maximum absolute atomic E-state index is 12.4. The molecule has 1 aromatic carbocycles. The van der Waals surface area contributed by atoms with Crippen LogP contribution in [-0.4, -0.2) is 15.4 Å². The number of alkyl halides is 1. The summed E-state index contributed by atoms with van der Waals surface area (Å²) >= 11 is 23.9. The van der Waals surface area contributed by atoms with Gasteiger partial charge in [0.05, 0.1) is 16.1 Å². The second kappa shape index (κ2) is 6.25. The minimum atomic E-state index is -0.264. The minimum absolute atomic E-state index is 0.168. The maximum Gasteiger partial charge on any atom is 0.269 e. The number of fused-ring (bicyclic) bond motifs is 3. The van der Waals surface area contributed by atoms with E-state index in [4.69, 9.17) is 46.4 Å². The molecule has 2 aromatic heterocycles. The van der Waals surface area contributed by atoms with Crippen LogP contribution in [0.3, 0.4) is 0 Å². The Morgan fingerprint density at radius 1 is 1.05 bits per heavy atom. The molecule has 3 aromatic rings. The fourth-order valence-electron chi connectivity index (χ4n) is 2.45. The first-order valence-corrected chi connectivity index (χ1v) is 8.23. The van der Waals surface area contributed by atoms with E-state index in [1.54, 1.807) is 16.7 Å². The highest BCUT2D eigenvalue weighted by atomic mass is 35.5. The van der Waals surface area contributed by atoms with Crippen molar-refractivity contribution >= 4 is 68.2 Å². The van der Waals surface area contributed by atoms with E-state index in [0.29, 0.717) is 34.9 Å². The zero-order valence-electron chi connectivity index (χ0n) is 11.2. The van der Waals surface area contributed by atoms with E-state index in [-0.39, 0.29) is 15.7 Å². The molecule has 114 valence electrons. The normalized spacial score (nSPS) is 11.5. The number of benzene rings is 1. The van der Waals surface area contributed by atoms with E-state index < -0.39 is 0 Å². The van der Waals surface area contributed by atoms with E-state index in [2.05, 4.69) is 4.98 Å². The van der Waals surface area contributed by atoms with Crippen LogP contribution < -0.4 is 5.56 Å². The summed E-state index contributed by atoms with van der Waals surface area (Å²) in [5, 5.41) is 2.37. The van der Waals surface area contributed by atoms with Crippen LogP contribution in [0.15, 0.2) is 29.1 Å². The van der Waals surface area contributed by atoms with Crippen molar-refractivity contribution in [3.05, 3.63) is 49.8 Å². The Morgan fingerprint density at radius 2 is 1.73 bits per heavy atom. The number of hydrogen-bond donors (Lipinski definition) is 0. The van der Waals surface area contributed by atoms with Crippen molar-refractivity contribution in [2.45, 2.75) is 13.0 Å². The predicted octanol–water partition coefficient (Wildman–Crippen LogP) is 5.14. The number of hydrogen-bond acceptors (Lipinski definition) is 2. The smallest absolute Gasteiger partial charge is 0.269 e. The molecule has 0 amide bonds. The lowest BCUT2D eigenvalue weighted by Crippen LogP contribution is -2.21. The summed E-state index contributed by atoms with van der Waals surface area (Å²) in [5.74, 6) is 0.450. The van der Waals surface area contributed by atoms with Crippen LogP contribution >= 0.6 is 46.4 Å². The molecular formula is C15H10Cl4N2O. The van der Waals surface area contributed by atoms with Crippen LogP contribution in [0.5, 0.6) is 0 Å². The van der Waals surface area contributed by atoms with E-state index in [1.807, 2.05) is 12.1 Å². The molecule has 0 spiro atoms. The highest BCUT2D eigenvalue weighted by molar-refractivity contribution is 6.42. The van der Waals surface area contributed by atoms with Gasteiger partial charge in [-0.1, -0.05) is 46.9 Å². The summed E-state index contributed by atoms with van der Waals surface area (Å²) in [4.78, 5) is 16.7. The van der Waals surface area contributed by atoms with Crippen LogP contribution in [-0.2, 0) is 6.54 Å². The standard InChI is InChI=1S/C15H10Cl4N2O/c16-4-1-5-21-13-9(7-11(18)15(21)22)3-2-8-6-10(17)14(19)20-12(8)13/h2-3,6-7H,1,4-5H2. The van der Waals surface area contributed by atoms with Gasteiger partial charge in [0.25, 0.3) is 5.56 Å². The maximum atomic E-state index is 12.4. The van der Waals surface area contributed by atoms with Gasteiger partial charge in [0.1, 0.15) is 10.2 Å². The summed E-state index contributed by atoms with van der Waals surface area (Å²) in [7, 11) is 0. The molecule has 0 atom stereocenters. The Balaban J connectivity index is 2.47. The van der Waals surface area contributed by atoms with Crippen LogP contribution in [0.2, 0.25) is 15.2 Å². The minimum Gasteiger partial charge on any atom is -0.305 e. The molecule has 0 N–H and O–H groups in total. The largest absolute Gasteiger partial charge is 0.305 e. The number of halogens is 4.